The Morgan fingerprint density at radius 3 is 2.96 bits per heavy atom. The minimum Gasteiger partial charge on any atom is -0.487 e. The Balaban J connectivity index is 1.45. The van der Waals surface area contributed by atoms with Crippen molar-refractivity contribution in [3.8, 4) is 5.75 Å². The number of rotatable bonds is 6. The lowest BCUT2D eigenvalue weighted by Crippen LogP contribution is -2.36. The fraction of sp³-hybridized carbons (Fsp3) is 0.273. The van der Waals surface area contributed by atoms with Crippen LogP contribution < -0.4 is 4.74 Å². The molecule has 4 nitrogen and oxygen atoms in total. The number of thiazole rings is 1. The van der Waals surface area contributed by atoms with E-state index in [4.69, 9.17) is 16.3 Å². The zero-order valence-electron chi connectivity index (χ0n) is 15.4. The van der Waals surface area contributed by atoms with E-state index in [0.717, 1.165) is 42.1 Å². The van der Waals surface area contributed by atoms with E-state index in [-0.39, 0.29) is 11.9 Å². The number of nitrogens with zero attached hydrogens (tertiary/aromatic N) is 2. The van der Waals surface area contributed by atoms with E-state index in [0.29, 0.717) is 17.9 Å². The molecular weight excluding hydrogens is 392 g/mol. The normalized spacial score (nSPS) is 16.3. The van der Waals surface area contributed by atoms with Crippen molar-refractivity contribution in [2.24, 2.45) is 0 Å². The molecule has 0 radical (unpaired) electrons. The molecule has 1 aliphatic rings. The van der Waals surface area contributed by atoms with Crippen molar-refractivity contribution in [2.75, 3.05) is 6.54 Å². The minimum absolute atomic E-state index is 0.0497. The van der Waals surface area contributed by atoms with Crippen LogP contribution in [0.2, 0.25) is 5.02 Å². The van der Waals surface area contributed by atoms with Crippen LogP contribution in [-0.2, 0) is 13.0 Å². The quantitative estimate of drug-likeness (QED) is 0.557. The molecule has 0 saturated carbocycles. The first kappa shape index (κ1) is 19.0. The third-order valence-corrected chi connectivity index (χ3v) is 6.01. The van der Waals surface area contributed by atoms with Gasteiger partial charge in [-0.15, -0.1) is 11.3 Å². The van der Waals surface area contributed by atoms with Crippen LogP contribution >= 0.6 is 22.9 Å². The van der Waals surface area contributed by atoms with Crippen LogP contribution in [0.1, 0.15) is 34.5 Å². The Morgan fingerprint density at radius 2 is 2.14 bits per heavy atom. The summed E-state index contributed by atoms with van der Waals surface area (Å²) in [4.78, 5) is 19.3. The Kier molecular flexibility index (Phi) is 5.93. The number of ether oxygens (including phenoxy) is 1. The summed E-state index contributed by atoms with van der Waals surface area (Å²) in [6.45, 7) is 1.18. The number of hydrogen-bond acceptors (Lipinski definition) is 4. The Morgan fingerprint density at radius 1 is 1.25 bits per heavy atom. The van der Waals surface area contributed by atoms with Crippen LogP contribution in [0.5, 0.6) is 5.75 Å². The van der Waals surface area contributed by atoms with E-state index in [2.05, 4.69) is 4.98 Å². The Hall–Kier alpha value is -2.37. The number of aromatic nitrogens is 1. The van der Waals surface area contributed by atoms with E-state index in [1.54, 1.807) is 16.8 Å². The Bertz CT molecular complexity index is 945. The predicted octanol–water partition coefficient (Wildman–Crippen LogP) is 5.22. The van der Waals surface area contributed by atoms with Crippen molar-refractivity contribution in [2.45, 2.75) is 31.9 Å². The molecule has 1 aromatic heterocycles. The average molecular weight is 413 g/mol. The van der Waals surface area contributed by atoms with Crippen LogP contribution in [0.3, 0.4) is 0 Å². The first-order valence-corrected chi connectivity index (χ1v) is 10.7. The molecule has 0 aliphatic carbocycles. The highest BCUT2D eigenvalue weighted by atomic mass is 35.5. The maximum atomic E-state index is 13.1. The van der Waals surface area contributed by atoms with E-state index in [9.17, 15) is 4.79 Å². The fourth-order valence-corrected chi connectivity index (χ4v) is 4.34. The predicted molar refractivity (Wildman–Crippen MR) is 112 cm³/mol. The number of carbonyl (C=O) groups excluding carboxylic acids is 1. The second-order valence-corrected chi connectivity index (χ2v) is 8.01. The maximum absolute atomic E-state index is 13.1. The number of likely N-dealkylation sites (tertiary alicyclic amines) is 1. The van der Waals surface area contributed by atoms with Crippen LogP contribution in [0.4, 0.5) is 0 Å². The summed E-state index contributed by atoms with van der Waals surface area (Å²) >= 11 is 7.86. The first-order valence-electron chi connectivity index (χ1n) is 9.35. The number of carbonyl (C=O) groups is 1. The van der Waals surface area contributed by atoms with E-state index in [1.165, 1.54) is 0 Å². The molecule has 1 atom stereocenters. The van der Waals surface area contributed by atoms with E-state index < -0.39 is 0 Å². The number of hydrogen-bond donors (Lipinski definition) is 0. The van der Waals surface area contributed by atoms with Crippen molar-refractivity contribution < 1.29 is 9.53 Å². The summed E-state index contributed by atoms with van der Waals surface area (Å²) in [7, 11) is 0. The van der Waals surface area contributed by atoms with Gasteiger partial charge in [-0.3, -0.25) is 4.79 Å². The summed E-state index contributed by atoms with van der Waals surface area (Å²) in [5.74, 6) is 0.731. The molecule has 0 spiro atoms. The lowest BCUT2D eigenvalue weighted by Gasteiger charge is -2.25. The van der Waals surface area contributed by atoms with Gasteiger partial charge in [0.05, 0.1) is 11.2 Å². The zero-order valence-corrected chi connectivity index (χ0v) is 17.0. The van der Waals surface area contributed by atoms with Gasteiger partial charge in [-0.05, 0) is 49.1 Å². The second kappa shape index (κ2) is 8.76. The SMILES string of the molecule is O=C(c1cccc(OCc2cscn2)c1)N1CCCC1Cc1ccccc1Cl. The molecule has 1 saturated heterocycles. The largest absolute Gasteiger partial charge is 0.487 e. The molecule has 28 heavy (non-hydrogen) atoms. The minimum atomic E-state index is 0.0497. The average Bonchev–Trinajstić information content (AvgIpc) is 3.40. The Labute approximate surface area is 173 Å². The van der Waals surface area contributed by atoms with Crippen molar-refractivity contribution in [1.29, 1.82) is 0 Å². The highest BCUT2D eigenvalue weighted by Crippen LogP contribution is 2.27. The third-order valence-electron chi connectivity index (χ3n) is 5.00. The van der Waals surface area contributed by atoms with Gasteiger partial charge in [-0.25, -0.2) is 4.98 Å². The van der Waals surface area contributed by atoms with Crippen molar-refractivity contribution in [3.05, 3.63) is 81.3 Å². The summed E-state index contributed by atoms with van der Waals surface area (Å²) in [5, 5.41) is 2.72. The lowest BCUT2D eigenvalue weighted by atomic mass is 10.0. The molecule has 3 aromatic rings. The number of benzene rings is 2. The molecule has 144 valence electrons. The molecule has 0 N–H and O–H groups in total. The topological polar surface area (TPSA) is 42.4 Å². The van der Waals surface area contributed by atoms with Crippen molar-refractivity contribution in [1.82, 2.24) is 9.88 Å². The summed E-state index contributed by atoms with van der Waals surface area (Å²) < 4.78 is 5.80. The molecule has 4 rings (SSSR count). The van der Waals surface area contributed by atoms with Gasteiger partial charge in [-0.1, -0.05) is 35.9 Å². The van der Waals surface area contributed by atoms with Gasteiger partial charge < -0.3 is 9.64 Å². The molecule has 1 amide bonds. The second-order valence-electron chi connectivity index (χ2n) is 6.89. The van der Waals surface area contributed by atoms with Gasteiger partial charge in [0.1, 0.15) is 12.4 Å². The fourth-order valence-electron chi connectivity index (χ4n) is 3.58. The zero-order chi connectivity index (χ0) is 19.3. The standard InChI is InChI=1S/C22H21ClN2O2S/c23-21-9-2-1-5-16(21)11-19-7-4-10-25(19)22(26)17-6-3-8-20(12-17)27-13-18-14-28-15-24-18/h1-3,5-6,8-9,12,14-15,19H,4,7,10-11,13H2. The van der Waals surface area contributed by atoms with Crippen molar-refractivity contribution in [3.63, 3.8) is 0 Å². The summed E-state index contributed by atoms with van der Waals surface area (Å²) in [6, 6.07) is 15.4. The van der Waals surface area contributed by atoms with Gasteiger partial charge in [-0.2, -0.15) is 0 Å². The highest BCUT2D eigenvalue weighted by Gasteiger charge is 2.30. The van der Waals surface area contributed by atoms with Crippen LogP contribution in [0.25, 0.3) is 0 Å². The van der Waals surface area contributed by atoms with Crippen LogP contribution in [0, 0.1) is 0 Å². The maximum Gasteiger partial charge on any atom is 0.254 e. The molecular formula is C22H21ClN2O2S. The van der Waals surface area contributed by atoms with Gasteiger partial charge >= 0.3 is 0 Å². The number of halogens is 1. The van der Waals surface area contributed by atoms with Gasteiger partial charge in [0, 0.05) is 28.6 Å². The highest BCUT2D eigenvalue weighted by molar-refractivity contribution is 7.07. The molecule has 1 unspecified atom stereocenters. The molecule has 1 aliphatic heterocycles. The van der Waals surface area contributed by atoms with Crippen LogP contribution in [0.15, 0.2) is 59.4 Å². The number of amides is 1. The molecule has 0 bridgehead atoms. The van der Waals surface area contributed by atoms with Crippen molar-refractivity contribution >= 4 is 28.8 Å². The van der Waals surface area contributed by atoms with E-state index in [1.807, 2.05) is 58.8 Å². The lowest BCUT2D eigenvalue weighted by molar-refractivity contribution is 0.0736. The smallest absolute Gasteiger partial charge is 0.254 e. The first-order chi connectivity index (χ1) is 13.7. The molecule has 1 fully saturated rings. The summed E-state index contributed by atoms with van der Waals surface area (Å²) in [5.41, 5.74) is 4.42. The van der Waals surface area contributed by atoms with Gasteiger partial charge in [0.25, 0.3) is 5.91 Å². The van der Waals surface area contributed by atoms with Gasteiger partial charge in [0.2, 0.25) is 0 Å². The van der Waals surface area contributed by atoms with Crippen LogP contribution in [-0.4, -0.2) is 28.4 Å². The molecule has 6 heteroatoms. The molecule has 2 heterocycles. The van der Waals surface area contributed by atoms with Gasteiger partial charge in [0.15, 0.2) is 0 Å². The molecule has 2 aromatic carbocycles. The monoisotopic (exact) mass is 412 g/mol. The third kappa shape index (κ3) is 4.37. The van der Waals surface area contributed by atoms with E-state index >= 15 is 0 Å². The summed E-state index contributed by atoms with van der Waals surface area (Å²) in [6.07, 6.45) is 2.79.